The van der Waals surface area contributed by atoms with Crippen molar-refractivity contribution in [3.8, 4) is 47.3 Å². The molecule has 0 radical (unpaired) electrons. The lowest BCUT2D eigenvalue weighted by Gasteiger charge is -2.06. The molecule has 0 aliphatic heterocycles. The highest BCUT2D eigenvalue weighted by Crippen LogP contribution is 2.30. The van der Waals surface area contributed by atoms with Crippen LogP contribution in [0.5, 0.6) is 11.5 Å². The van der Waals surface area contributed by atoms with Crippen molar-refractivity contribution in [2.75, 3.05) is 38.4 Å². The number of fused-ring (bicyclic) bond motifs is 2. The Morgan fingerprint density at radius 1 is 0.729 bits per heavy atom. The number of nitriles is 2. The van der Waals surface area contributed by atoms with Gasteiger partial charge in [-0.2, -0.15) is 10.5 Å². The number of ether oxygens (including phenoxy) is 2. The average Bonchev–Trinajstić information content (AvgIpc) is 3.72. The van der Waals surface area contributed by atoms with Gasteiger partial charge in [-0.1, -0.05) is 31.4 Å². The summed E-state index contributed by atoms with van der Waals surface area (Å²) < 4.78 is 14.7. The molecule has 0 saturated heterocycles. The van der Waals surface area contributed by atoms with Gasteiger partial charge in [0.25, 0.3) is 0 Å². The number of rotatable bonds is 7. The first-order valence-corrected chi connectivity index (χ1v) is 18.5. The molecule has 6 rings (SSSR count). The number of benzene rings is 4. The van der Waals surface area contributed by atoms with Crippen molar-refractivity contribution >= 4 is 45.3 Å². The highest BCUT2D eigenvalue weighted by molar-refractivity contribution is 5.92. The lowest BCUT2D eigenvalue weighted by molar-refractivity contribution is 0.252. The van der Waals surface area contributed by atoms with Gasteiger partial charge in [0.05, 0.1) is 36.4 Å². The molecule has 0 bridgehead atoms. The molecule has 2 aromatic heterocycles. The van der Waals surface area contributed by atoms with E-state index in [1.54, 1.807) is 33.3 Å². The van der Waals surface area contributed by atoms with Crippen LogP contribution in [-0.2, 0) is 17.9 Å². The Labute approximate surface area is 345 Å². The Hall–Kier alpha value is -7.89. The number of nitrogen functional groups attached to an aromatic ring is 1. The monoisotopic (exact) mass is 788 g/mol. The summed E-state index contributed by atoms with van der Waals surface area (Å²) in [5, 5.41) is 26.5. The third kappa shape index (κ3) is 11.3. The van der Waals surface area contributed by atoms with E-state index in [1.807, 2.05) is 103 Å². The standard InChI is InChI=1S/C23H22N4O2.C20H17N3O.C3H5NO.CH4/c1-4-25-23(28)26-17-8-6-7-16(13-17)9-12-21-20(15-24)19-11-10-18(29-3)14-22(19)27(21)5-2;1-3-23-19(10-7-14-5-4-6-15(22)11-14)18(13-21)17-9-8-16(24-2)12-20(17)23;1-2-4-3-5;/h6-8,10-11,13-14H,4-5H2,1-3H3,(H2,25,26,28);4-6,8-9,11-12H,3,22H2,1-2H3;2H2,1H3;1H4. The van der Waals surface area contributed by atoms with Crippen molar-refractivity contribution in [1.82, 2.24) is 14.5 Å². The van der Waals surface area contributed by atoms with Gasteiger partial charge in [-0.3, -0.25) is 0 Å². The van der Waals surface area contributed by atoms with Gasteiger partial charge in [0, 0.05) is 71.6 Å². The minimum absolute atomic E-state index is 0. The van der Waals surface area contributed by atoms with Crippen LogP contribution >= 0.6 is 0 Å². The van der Waals surface area contributed by atoms with Gasteiger partial charge in [0.15, 0.2) is 0 Å². The van der Waals surface area contributed by atoms with Gasteiger partial charge in [-0.05, 0) is 100 Å². The number of carbonyl (C=O) groups is 1. The molecule has 4 N–H and O–H groups in total. The number of methoxy groups -OCH3 is 2. The molecule has 12 heteroatoms. The van der Waals surface area contributed by atoms with Crippen molar-refractivity contribution in [3.05, 3.63) is 119 Å². The van der Waals surface area contributed by atoms with Crippen LogP contribution in [0.3, 0.4) is 0 Å². The average molecular weight is 789 g/mol. The minimum Gasteiger partial charge on any atom is -0.497 e. The molecule has 59 heavy (non-hydrogen) atoms. The first-order chi connectivity index (χ1) is 28.2. The van der Waals surface area contributed by atoms with Gasteiger partial charge >= 0.3 is 6.03 Å². The summed E-state index contributed by atoms with van der Waals surface area (Å²) in [7, 11) is 3.25. The van der Waals surface area contributed by atoms with E-state index in [0.717, 1.165) is 44.4 Å². The third-order valence-electron chi connectivity index (χ3n) is 8.62. The van der Waals surface area contributed by atoms with Crippen molar-refractivity contribution in [2.24, 2.45) is 4.99 Å². The van der Waals surface area contributed by atoms with Crippen LogP contribution in [0, 0.1) is 46.3 Å². The second-order valence-electron chi connectivity index (χ2n) is 12.2. The summed E-state index contributed by atoms with van der Waals surface area (Å²) in [6.45, 7) is 10.2. The van der Waals surface area contributed by atoms with E-state index in [2.05, 4.69) is 51.4 Å². The van der Waals surface area contributed by atoms with Crippen LogP contribution in [0.2, 0.25) is 0 Å². The second-order valence-corrected chi connectivity index (χ2v) is 12.2. The summed E-state index contributed by atoms with van der Waals surface area (Å²) in [6, 6.07) is 30.4. The normalized spacial score (nSPS) is 9.49. The second kappa shape index (κ2) is 22.6. The molecule has 6 aromatic rings. The summed E-state index contributed by atoms with van der Waals surface area (Å²) in [4.78, 5) is 24.0. The van der Waals surface area contributed by atoms with Gasteiger partial charge in [-0.25, -0.2) is 14.6 Å². The molecule has 0 saturated carbocycles. The number of hydrogen-bond acceptors (Lipinski definition) is 8. The molecule has 0 atom stereocenters. The van der Waals surface area contributed by atoms with E-state index in [1.165, 1.54) is 6.08 Å². The van der Waals surface area contributed by atoms with Crippen molar-refractivity contribution in [3.63, 3.8) is 0 Å². The van der Waals surface area contributed by atoms with Crippen LogP contribution in [0.1, 0.15) is 68.8 Å². The number of anilines is 2. The molecule has 4 aromatic carbocycles. The Balaban J connectivity index is 0.000000282. The maximum Gasteiger partial charge on any atom is 0.319 e. The largest absolute Gasteiger partial charge is 0.497 e. The van der Waals surface area contributed by atoms with E-state index >= 15 is 0 Å². The Kier molecular flexibility index (Phi) is 17.4. The first-order valence-electron chi connectivity index (χ1n) is 18.5. The number of nitrogens with zero attached hydrogens (tertiary/aromatic N) is 5. The topological polar surface area (TPSA) is 172 Å². The molecule has 0 aliphatic rings. The number of aromatic nitrogens is 2. The number of aliphatic imine (C=N–C) groups is 1. The molecule has 0 fully saturated rings. The fraction of sp³-hybridized carbons (Fsp3) is 0.234. The Morgan fingerprint density at radius 3 is 1.64 bits per heavy atom. The predicted molar refractivity (Wildman–Crippen MR) is 235 cm³/mol. The zero-order valence-corrected chi connectivity index (χ0v) is 33.4. The van der Waals surface area contributed by atoms with Gasteiger partial charge in [0.1, 0.15) is 35.0 Å². The van der Waals surface area contributed by atoms with Crippen molar-refractivity contribution < 1.29 is 19.1 Å². The quantitative estimate of drug-likeness (QED) is 0.0629. The highest BCUT2D eigenvalue weighted by atomic mass is 16.5. The smallest absolute Gasteiger partial charge is 0.319 e. The molecule has 0 spiro atoms. The fourth-order valence-electron chi connectivity index (χ4n) is 6.01. The number of urea groups is 1. The molecule has 2 heterocycles. The van der Waals surface area contributed by atoms with E-state index in [4.69, 9.17) is 20.0 Å². The SMILES string of the molecule is C.CCN=C=O.CCNC(=O)Nc1cccc(C#Cc2c(C#N)c3ccc(OC)cc3n2CC)c1.CCn1c(C#Cc2cccc(N)c2)c(C#N)c2ccc(OC)cc21. The number of aryl methyl sites for hydroxylation is 2. The van der Waals surface area contributed by atoms with Gasteiger partial charge < -0.3 is 35.0 Å². The maximum atomic E-state index is 11.7. The predicted octanol–water partition coefficient (Wildman–Crippen LogP) is 8.58. The number of nitrogens with two attached hydrogens (primary N) is 1. The summed E-state index contributed by atoms with van der Waals surface area (Å²) >= 11 is 0. The van der Waals surface area contributed by atoms with Gasteiger partial charge in [-0.15, -0.1) is 0 Å². The fourth-order valence-corrected chi connectivity index (χ4v) is 6.01. The summed E-state index contributed by atoms with van der Waals surface area (Å²) in [5.74, 6) is 14.0. The van der Waals surface area contributed by atoms with E-state index < -0.39 is 0 Å². The number of isocyanates is 1. The third-order valence-corrected chi connectivity index (χ3v) is 8.62. The number of amides is 2. The molecule has 300 valence electrons. The summed E-state index contributed by atoms with van der Waals surface area (Å²) in [5.41, 5.74) is 13.1. The van der Waals surface area contributed by atoms with Crippen LogP contribution in [-0.4, -0.2) is 48.6 Å². The van der Waals surface area contributed by atoms with E-state index in [-0.39, 0.29) is 13.5 Å². The number of hydrogen-bond donors (Lipinski definition) is 3. The molecular formula is C47H48N8O4. The molecular weight excluding hydrogens is 741 g/mol. The van der Waals surface area contributed by atoms with Crippen LogP contribution in [0.15, 0.2) is 89.9 Å². The Morgan fingerprint density at radius 2 is 1.24 bits per heavy atom. The zero-order chi connectivity index (χ0) is 42.0. The molecule has 2 amide bonds. The van der Waals surface area contributed by atoms with E-state index in [0.29, 0.717) is 60.1 Å². The van der Waals surface area contributed by atoms with Crippen LogP contribution in [0.4, 0.5) is 16.2 Å². The Bertz CT molecular complexity index is 2680. The van der Waals surface area contributed by atoms with Crippen molar-refractivity contribution in [2.45, 2.75) is 48.2 Å². The zero-order valence-electron chi connectivity index (χ0n) is 33.4. The van der Waals surface area contributed by atoms with Gasteiger partial charge in [0.2, 0.25) is 6.08 Å². The van der Waals surface area contributed by atoms with Crippen LogP contribution in [0.25, 0.3) is 21.8 Å². The highest BCUT2D eigenvalue weighted by Gasteiger charge is 2.17. The molecule has 0 aliphatic carbocycles. The minimum atomic E-state index is -0.260. The first kappa shape index (κ1) is 45.5. The summed E-state index contributed by atoms with van der Waals surface area (Å²) in [6.07, 6.45) is 1.39. The number of carbonyl (C=O) groups excluding carboxylic acids is 2. The molecule has 0 unspecified atom stereocenters. The van der Waals surface area contributed by atoms with E-state index in [9.17, 15) is 15.3 Å². The lowest BCUT2D eigenvalue weighted by atomic mass is 10.1. The molecule has 12 nitrogen and oxygen atoms in total. The lowest BCUT2D eigenvalue weighted by Crippen LogP contribution is -2.28. The number of nitrogens with one attached hydrogen (secondary N) is 2. The maximum absolute atomic E-state index is 11.7. The van der Waals surface area contributed by atoms with Crippen molar-refractivity contribution in [1.29, 1.82) is 10.5 Å². The van der Waals surface area contributed by atoms with Crippen LogP contribution < -0.4 is 25.8 Å².